The molecule has 10 heavy (non-hydrogen) atoms. The van der Waals surface area contributed by atoms with Crippen LogP contribution in [0.4, 0.5) is 0 Å². The van der Waals surface area contributed by atoms with Gasteiger partial charge >= 0.3 is 0 Å². The van der Waals surface area contributed by atoms with Crippen LogP contribution in [0, 0.1) is 0 Å². The first-order valence-corrected chi connectivity index (χ1v) is 4.26. The van der Waals surface area contributed by atoms with Crippen molar-refractivity contribution in [3.63, 3.8) is 0 Å². The van der Waals surface area contributed by atoms with E-state index in [1.165, 1.54) is 6.20 Å². The predicted octanol–water partition coefficient (Wildman–Crippen LogP) is -0.654. The number of nitrogens with one attached hydrogen (secondary N) is 1. The number of thiol groups is 1. The molecule has 1 aromatic rings. The summed E-state index contributed by atoms with van der Waals surface area (Å²) in [6.45, 7) is 0. The summed E-state index contributed by atoms with van der Waals surface area (Å²) < 4.78 is 21.1. The van der Waals surface area contributed by atoms with E-state index in [9.17, 15) is 8.42 Å². The molecule has 1 rings (SSSR count). The fourth-order valence-corrected chi connectivity index (χ4v) is 1.49. The van der Waals surface area contributed by atoms with Crippen LogP contribution in [0.3, 0.4) is 0 Å². The third-order valence-electron chi connectivity index (χ3n) is 0.870. The summed E-state index contributed by atoms with van der Waals surface area (Å²) in [5.41, 5.74) is 0. The normalized spacial score (nSPS) is 11.8. The van der Waals surface area contributed by atoms with Gasteiger partial charge in [0, 0.05) is 0 Å². The summed E-state index contributed by atoms with van der Waals surface area (Å²) >= 11 is 3.79. The molecule has 0 radical (unpaired) electrons. The quantitative estimate of drug-likeness (QED) is 0.500. The number of nitrogens with two attached hydrogens (primary N) is 1. The average Bonchev–Trinajstić information content (AvgIpc) is 2.11. The van der Waals surface area contributed by atoms with E-state index in [1.807, 2.05) is 0 Å². The highest BCUT2D eigenvalue weighted by atomic mass is 32.2. The third kappa shape index (κ3) is 1.31. The lowest BCUT2D eigenvalue weighted by atomic mass is 10.7. The zero-order valence-electron chi connectivity index (χ0n) is 4.77. The maximum absolute atomic E-state index is 10.6. The Morgan fingerprint density at radius 3 is 2.50 bits per heavy atom. The lowest BCUT2D eigenvalue weighted by molar-refractivity contribution is 0.591. The SMILES string of the molecule is NS(=O)(=O)c1[nH]ncc1S. The van der Waals surface area contributed by atoms with Crippen molar-refractivity contribution in [1.82, 2.24) is 10.2 Å². The van der Waals surface area contributed by atoms with Crippen molar-refractivity contribution in [2.75, 3.05) is 0 Å². The van der Waals surface area contributed by atoms with Gasteiger partial charge in [-0.3, -0.25) is 5.10 Å². The van der Waals surface area contributed by atoms with Crippen molar-refractivity contribution in [1.29, 1.82) is 0 Å². The number of hydrogen-bond acceptors (Lipinski definition) is 4. The molecule has 0 atom stereocenters. The lowest BCUT2D eigenvalue weighted by Gasteiger charge is -1.90. The van der Waals surface area contributed by atoms with Crippen LogP contribution < -0.4 is 5.14 Å². The maximum atomic E-state index is 10.6. The topological polar surface area (TPSA) is 88.8 Å². The summed E-state index contributed by atoms with van der Waals surface area (Å²) in [7, 11) is -3.68. The fourth-order valence-electron chi connectivity index (χ4n) is 0.477. The number of aromatic amines is 1. The first-order chi connectivity index (χ1) is 4.52. The summed E-state index contributed by atoms with van der Waals surface area (Å²) in [6, 6.07) is 0. The van der Waals surface area contributed by atoms with Crippen LogP contribution in [0.15, 0.2) is 16.1 Å². The smallest absolute Gasteiger partial charge is 0.256 e. The van der Waals surface area contributed by atoms with Crippen LogP contribution in [-0.4, -0.2) is 18.6 Å². The zero-order chi connectivity index (χ0) is 7.78. The molecule has 0 amide bonds. The summed E-state index contributed by atoms with van der Waals surface area (Å²) in [6.07, 6.45) is 1.27. The summed E-state index contributed by atoms with van der Waals surface area (Å²) in [5, 5.41) is 10.2. The van der Waals surface area contributed by atoms with Crippen LogP contribution >= 0.6 is 12.6 Å². The number of hydrogen-bond donors (Lipinski definition) is 3. The number of aromatic nitrogens is 2. The summed E-state index contributed by atoms with van der Waals surface area (Å²) in [4.78, 5) is 0.225. The van der Waals surface area contributed by atoms with Crippen LogP contribution in [0.1, 0.15) is 0 Å². The number of rotatable bonds is 1. The second-order valence-corrected chi connectivity index (χ2v) is 3.61. The van der Waals surface area contributed by atoms with E-state index in [0.717, 1.165) is 0 Å². The molecule has 0 saturated heterocycles. The van der Waals surface area contributed by atoms with E-state index in [-0.39, 0.29) is 9.92 Å². The molecular weight excluding hydrogens is 174 g/mol. The van der Waals surface area contributed by atoms with Crippen LogP contribution in [0.2, 0.25) is 0 Å². The molecule has 0 unspecified atom stereocenters. The first kappa shape index (κ1) is 7.58. The van der Waals surface area contributed by atoms with Crippen molar-refractivity contribution in [2.45, 2.75) is 9.92 Å². The number of H-pyrrole nitrogens is 1. The molecule has 56 valence electrons. The second kappa shape index (κ2) is 2.26. The van der Waals surface area contributed by atoms with Gasteiger partial charge in [0.05, 0.1) is 11.1 Å². The molecule has 7 heteroatoms. The Balaban J connectivity index is 3.32. The highest BCUT2D eigenvalue weighted by molar-refractivity contribution is 7.90. The van der Waals surface area contributed by atoms with Crippen LogP contribution in [0.5, 0.6) is 0 Å². The van der Waals surface area contributed by atoms with Crippen LogP contribution in [-0.2, 0) is 10.0 Å². The van der Waals surface area contributed by atoms with Crippen LogP contribution in [0.25, 0.3) is 0 Å². The molecule has 0 bridgehead atoms. The van der Waals surface area contributed by atoms with Gasteiger partial charge < -0.3 is 0 Å². The molecule has 0 aliphatic heterocycles. The Bertz CT molecular complexity index is 327. The summed E-state index contributed by atoms with van der Waals surface area (Å²) in [5.74, 6) is 0. The molecular formula is C3H5N3O2S2. The van der Waals surface area contributed by atoms with E-state index in [1.54, 1.807) is 0 Å². The number of sulfonamides is 1. The van der Waals surface area contributed by atoms with E-state index >= 15 is 0 Å². The van der Waals surface area contributed by atoms with E-state index in [4.69, 9.17) is 5.14 Å². The van der Waals surface area contributed by atoms with Crippen molar-refractivity contribution >= 4 is 22.7 Å². The van der Waals surface area contributed by atoms with Gasteiger partial charge in [0.15, 0.2) is 5.03 Å². The minimum absolute atomic E-state index is 0.157. The minimum Gasteiger partial charge on any atom is -0.265 e. The minimum atomic E-state index is -3.68. The monoisotopic (exact) mass is 179 g/mol. The number of nitrogens with zero attached hydrogens (tertiary/aromatic N) is 1. The van der Waals surface area contributed by atoms with Crippen molar-refractivity contribution in [2.24, 2.45) is 5.14 Å². The molecule has 0 fully saturated rings. The Hall–Kier alpha value is -0.530. The van der Waals surface area contributed by atoms with Gasteiger partial charge in [-0.05, 0) is 0 Å². The van der Waals surface area contributed by atoms with Gasteiger partial charge in [-0.25, -0.2) is 13.6 Å². The predicted molar refractivity (Wildman–Crippen MR) is 37.2 cm³/mol. The third-order valence-corrected chi connectivity index (χ3v) is 2.24. The molecule has 0 saturated carbocycles. The van der Waals surface area contributed by atoms with Gasteiger partial charge in [0.1, 0.15) is 0 Å². The van der Waals surface area contributed by atoms with Gasteiger partial charge in [-0.2, -0.15) is 5.10 Å². The van der Waals surface area contributed by atoms with Crippen molar-refractivity contribution in [3.8, 4) is 0 Å². The van der Waals surface area contributed by atoms with Gasteiger partial charge in [0.2, 0.25) is 0 Å². The average molecular weight is 179 g/mol. The van der Waals surface area contributed by atoms with Gasteiger partial charge in [0.25, 0.3) is 10.0 Å². The van der Waals surface area contributed by atoms with E-state index in [2.05, 4.69) is 22.8 Å². The Kier molecular flexibility index (Phi) is 1.71. The zero-order valence-corrected chi connectivity index (χ0v) is 6.48. The molecule has 0 spiro atoms. The first-order valence-electron chi connectivity index (χ1n) is 2.27. The molecule has 0 aliphatic rings. The maximum Gasteiger partial charge on any atom is 0.256 e. The lowest BCUT2D eigenvalue weighted by Crippen LogP contribution is -2.13. The fraction of sp³-hybridized carbons (Fsp3) is 0. The number of primary sulfonamides is 1. The molecule has 5 nitrogen and oxygen atoms in total. The Morgan fingerprint density at radius 1 is 1.70 bits per heavy atom. The molecule has 0 aromatic carbocycles. The Labute approximate surface area is 63.1 Å². The largest absolute Gasteiger partial charge is 0.265 e. The molecule has 3 N–H and O–H groups in total. The van der Waals surface area contributed by atoms with Crippen molar-refractivity contribution in [3.05, 3.63) is 6.20 Å². The standard InChI is InChI=1S/C3H5N3O2S2/c4-10(7,8)3-2(9)1-5-6-3/h1,9H,(H,5,6)(H2,4,7,8). The van der Waals surface area contributed by atoms with Crippen molar-refractivity contribution < 1.29 is 8.42 Å². The highest BCUT2D eigenvalue weighted by Crippen LogP contribution is 2.12. The van der Waals surface area contributed by atoms with Gasteiger partial charge in [-0.1, -0.05) is 0 Å². The molecule has 1 heterocycles. The molecule has 0 aliphatic carbocycles. The van der Waals surface area contributed by atoms with E-state index < -0.39 is 10.0 Å². The Morgan fingerprint density at radius 2 is 2.30 bits per heavy atom. The van der Waals surface area contributed by atoms with Gasteiger partial charge in [-0.15, -0.1) is 12.6 Å². The highest BCUT2D eigenvalue weighted by Gasteiger charge is 2.12. The molecule has 1 aromatic heterocycles. The van der Waals surface area contributed by atoms with E-state index in [0.29, 0.717) is 0 Å². The second-order valence-electron chi connectivity index (χ2n) is 1.63.